The van der Waals surface area contributed by atoms with Gasteiger partial charge in [-0.25, -0.2) is 23.4 Å². The van der Waals surface area contributed by atoms with Gasteiger partial charge in [-0.2, -0.15) is 0 Å². The molecule has 3 heterocycles. The van der Waals surface area contributed by atoms with Gasteiger partial charge < -0.3 is 15.4 Å². The van der Waals surface area contributed by atoms with Gasteiger partial charge in [0, 0.05) is 31.0 Å². The van der Waals surface area contributed by atoms with Crippen LogP contribution in [0.25, 0.3) is 11.3 Å². The summed E-state index contributed by atoms with van der Waals surface area (Å²) in [7, 11) is -3.88. The second-order valence-corrected chi connectivity index (χ2v) is 10.5. The molecular formula is C26H25ClN6O3S. The third-order valence-corrected chi connectivity index (χ3v) is 7.64. The SMILES string of the molecule is O=S(=O)(Nc1cccc(Oc2ncccc2-c2ccnc(NC3CCCNC3)n2)c1)c1ccccc1Cl. The fourth-order valence-electron chi connectivity index (χ4n) is 4.01. The molecule has 4 aromatic rings. The monoisotopic (exact) mass is 536 g/mol. The summed E-state index contributed by atoms with van der Waals surface area (Å²) in [5.41, 5.74) is 1.65. The lowest BCUT2D eigenvalue weighted by molar-refractivity contribution is 0.465. The summed E-state index contributed by atoms with van der Waals surface area (Å²) in [6.07, 6.45) is 5.47. The van der Waals surface area contributed by atoms with E-state index in [1.807, 2.05) is 6.07 Å². The Morgan fingerprint density at radius 2 is 1.89 bits per heavy atom. The summed E-state index contributed by atoms with van der Waals surface area (Å²) in [6.45, 7) is 1.89. The van der Waals surface area contributed by atoms with Crippen LogP contribution in [-0.2, 0) is 10.0 Å². The lowest BCUT2D eigenvalue weighted by Crippen LogP contribution is -2.38. The van der Waals surface area contributed by atoms with Gasteiger partial charge in [-0.05, 0) is 61.9 Å². The predicted molar refractivity (Wildman–Crippen MR) is 144 cm³/mol. The van der Waals surface area contributed by atoms with Gasteiger partial charge in [0.25, 0.3) is 10.0 Å². The van der Waals surface area contributed by atoms with Crippen molar-refractivity contribution in [1.82, 2.24) is 20.3 Å². The molecule has 0 amide bonds. The lowest BCUT2D eigenvalue weighted by Gasteiger charge is -2.23. The van der Waals surface area contributed by atoms with E-state index in [1.54, 1.807) is 60.9 Å². The van der Waals surface area contributed by atoms with Crippen molar-refractivity contribution >= 4 is 33.3 Å². The Morgan fingerprint density at radius 3 is 2.73 bits per heavy atom. The van der Waals surface area contributed by atoms with Crippen LogP contribution in [0.5, 0.6) is 11.6 Å². The number of nitrogens with one attached hydrogen (secondary N) is 3. The van der Waals surface area contributed by atoms with Gasteiger partial charge in [-0.3, -0.25) is 4.72 Å². The van der Waals surface area contributed by atoms with Gasteiger partial charge in [-0.15, -0.1) is 0 Å². The first-order valence-corrected chi connectivity index (χ1v) is 13.6. The Hall–Kier alpha value is -3.73. The number of hydrogen-bond acceptors (Lipinski definition) is 8. The van der Waals surface area contributed by atoms with Gasteiger partial charge >= 0.3 is 0 Å². The van der Waals surface area contributed by atoms with Crippen molar-refractivity contribution in [2.45, 2.75) is 23.8 Å². The van der Waals surface area contributed by atoms with Crippen molar-refractivity contribution in [3.8, 4) is 22.9 Å². The standard InChI is InChI=1S/C26H25ClN6O3S/c27-22-10-1-2-11-24(22)37(34,35)33-18-6-3-8-20(16-18)36-25-21(9-5-14-29-25)23-12-15-30-26(32-23)31-19-7-4-13-28-17-19/h1-3,5-6,8-12,14-16,19,28,33H,4,7,13,17H2,(H,30,31,32). The fraction of sp³-hybridized carbons (Fsp3) is 0.192. The molecule has 0 radical (unpaired) electrons. The molecule has 1 aliphatic rings. The number of benzene rings is 2. The maximum atomic E-state index is 12.8. The molecule has 11 heteroatoms. The number of ether oxygens (including phenoxy) is 1. The van der Waals surface area contributed by atoms with Crippen LogP contribution in [0, 0.1) is 0 Å². The number of rotatable bonds is 8. The summed E-state index contributed by atoms with van der Waals surface area (Å²) in [5, 5.41) is 6.90. The van der Waals surface area contributed by atoms with Crippen LogP contribution in [0.15, 0.2) is 84.0 Å². The maximum Gasteiger partial charge on any atom is 0.263 e. The number of sulfonamides is 1. The van der Waals surface area contributed by atoms with E-state index in [1.165, 1.54) is 12.1 Å². The van der Waals surface area contributed by atoms with Crippen molar-refractivity contribution in [2.75, 3.05) is 23.1 Å². The highest BCUT2D eigenvalue weighted by Gasteiger charge is 2.19. The van der Waals surface area contributed by atoms with Crippen LogP contribution >= 0.6 is 11.6 Å². The molecule has 0 aliphatic carbocycles. The normalized spacial score (nSPS) is 15.6. The van der Waals surface area contributed by atoms with Crippen LogP contribution in [0.4, 0.5) is 11.6 Å². The van der Waals surface area contributed by atoms with E-state index in [4.69, 9.17) is 16.3 Å². The highest BCUT2D eigenvalue weighted by Crippen LogP contribution is 2.32. The molecule has 1 saturated heterocycles. The number of piperidine rings is 1. The van der Waals surface area contributed by atoms with Crippen LogP contribution in [0.3, 0.4) is 0 Å². The minimum Gasteiger partial charge on any atom is -0.438 e. The van der Waals surface area contributed by atoms with Gasteiger partial charge in [0.15, 0.2) is 0 Å². The van der Waals surface area contributed by atoms with Crippen LogP contribution in [-0.4, -0.2) is 42.5 Å². The second-order valence-electron chi connectivity index (χ2n) is 8.48. The Kier molecular flexibility index (Phi) is 7.50. The lowest BCUT2D eigenvalue weighted by atomic mass is 10.1. The molecular weight excluding hydrogens is 512 g/mol. The molecule has 5 rings (SSSR count). The molecule has 1 atom stereocenters. The van der Waals surface area contributed by atoms with Gasteiger partial charge in [0.2, 0.25) is 11.8 Å². The van der Waals surface area contributed by atoms with Crippen LogP contribution in [0.2, 0.25) is 5.02 Å². The highest BCUT2D eigenvalue weighted by molar-refractivity contribution is 7.92. The maximum absolute atomic E-state index is 12.8. The summed E-state index contributed by atoms with van der Waals surface area (Å²) in [5.74, 6) is 1.27. The van der Waals surface area contributed by atoms with E-state index in [0.717, 1.165) is 25.9 Å². The zero-order valence-electron chi connectivity index (χ0n) is 19.8. The number of nitrogens with zero attached hydrogens (tertiary/aromatic N) is 3. The summed E-state index contributed by atoms with van der Waals surface area (Å²) in [6, 6.07) is 18.6. The molecule has 1 aliphatic heterocycles. The number of anilines is 2. The van der Waals surface area contributed by atoms with Crippen molar-refractivity contribution in [3.05, 3.63) is 84.1 Å². The number of halogens is 1. The quantitative estimate of drug-likeness (QED) is 0.289. The van der Waals surface area contributed by atoms with Crippen molar-refractivity contribution in [2.24, 2.45) is 0 Å². The first kappa shape index (κ1) is 24.9. The van der Waals surface area contributed by atoms with Crippen molar-refractivity contribution in [1.29, 1.82) is 0 Å². The Morgan fingerprint density at radius 1 is 1.00 bits per heavy atom. The minimum absolute atomic E-state index is 0.00724. The zero-order valence-corrected chi connectivity index (χ0v) is 21.3. The summed E-state index contributed by atoms with van der Waals surface area (Å²) < 4.78 is 34.3. The van der Waals surface area contributed by atoms with Gasteiger partial charge in [0.05, 0.1) is 22.0 Å². The van der Waals surface area contributed by atoms with E-state index in [-0.39, 0.29) is 16.0 Å². The molecule has 3 N–H and O–H groups in total. The average molecular weight is 537 g/mol. The van der Waals surface area contributed by atoms with E-state index in [2.05, 4.69) is 30.3 Å². The average Bonchev–Trinajstić information content (AvgIpc) is 2.90. The van der Waals surface area contributed by atoms with Gasteiger partial charge in [0.1, 0.15) is 10.6 Å². The summed E-state index contributed by atoms with van der Waals surface area (Å²) >= 11 is 6.08. The van der Waals surface area contributed by atoms with Crippen LogP contribution in [0.1, 0.15) is 12.8 Å². The molecule has 37 heavy (non-hydrogen) atoms. The molecule has 1 unspecified atom stereocenters. The molecule has 1 fully saturated rings. The fourth-order valence-corrected chi connectivity index (χ4v) is 5.58. The Labute approximate surface area is 220 Å². The van der Waals surface area contributed by atoms with Crippen LogP contribution < -0.4 is 20.1 Å². The molecule has 2 aromatic heterocycles. The first-order chi connectivity index (χ1) is 18.0. The van der Waals surface area contributed by atoms with E-state index in [9.17, 15) is 8.42 Å². The van der Waals surface area contributed by atoms with Gasteiger partial charge in [-0.1, -0.05) is 29.8 Å². The smallest absolute Gasteiger partial charge is 0.263 e. The van der Waals surface area contributed by atoms with E-state index >= 15 is 0 Å². The molecule has 2 aromatic carbocycles. The number of hydrogen-bond donors (Lipinski definition) is 3. The molecule has 0 spiro atoms. The number of pyridine rings is 1. The number of aromatic nitrogens is 3. The molecule has 0 bridgehead atoms. The zero-order chi connectivity index (χ0) is 25.7. The highest BCUT2D eigenvalue weighted by atomic mass is 35.5. The summed E-state index contributed by atoms with van der Waals surface area (Å²) in [4.78, 5) is 13.4. The topological polar surface area (TPSA) is 118 Å². The molecule has 190 valence electrons. The van der Waals surface area contributed by atoms with Crippen molar-refractivity contribution in [3.63, 3.8) is 0 Å². The first-order valence-electron chi connectivity index (χ1n) is 11.8. The third kappa shape index (κ3) is 6.16. The minimum atomic E-state index is -3.88. The van der Waals surface area contributed by atoms with Crippen molar-refractivity contribution < 1.29 is 13.2 Å². The van der Waals surface area contributed by atoms with E-state index < -0.39 is 10.0 Å². The second kappa shape index (κ2) is 11.1. The Bertz CT molecular complexity index is 1500. The van der Waals surface area contributed by atoms with E-state index in [0.29, 0.717) is 34.5 Å². The largest absolute Gasteiger partial charge is 0.438 e. The third-order valence-electron chi connectivity index (χ3n) is 5.76. The predicted octanol–water partition coefficient (Wildman–Crippen LogP) is 4.95. The molecule has 9 nitrogen and oxygen atoms in total. The Balaban J connectivity index is 1.36. The molecule has 0 saturated carbocycles.